The summed E-state index contributed by atoms with van der Waals surface area (Å²) in [4.78, 5) is 33.0. The third-order valence-corrected chi connectivity index (χ3v) is 3.83. The van der Waals surface area contributed by atoms with Crippen molar-refractivity contribution in [2.24, 2.45) is 5.92 Å². The highest BCUT2D eigenvalue weighted by Crippen LogP contribution is 2.10. The van der Waals surface area contributed by atoms with Gasteiger partial charge in [-0.1, -0.05) is 27.2 Å². The summed E-state index contributed by atoms with van der Waals surface area (Å²) in [6.07, 6.45) is 6.69. The molecule has 26 heavy (non-hydrogen) atoms. The number of ether oxygens (including phenoxy) is 1. The number of hydrogen-bond acceptors (Lipinski definition) is 6. The minimum atomic E-state index is -0.448. The first-order valence-electron chi connectivity index (χ1n) is 9.09. The van der Waals surface area contributed by atoms with Gasteiger partial charge in [-0.25, -0.2) is 9.99 Å². The molecule has 0 aromatic carbocycles. The number of nitrogens with one attached hydrogen (secondary N) is 2. The van der Waals surface area contributed by atoms with Gasteiger partial charge in [0, 0.05) is 32.6 Å². The molecule has 2 amide bonds. The summed E-state index contributed by atoms with van der Waals surface area (Å²) in [7, 11) is 1.59. The van der Waals surface area contributed by atoms with Gasteiger partial charge >= 0.3 is 0 Å². The van der Waals surface area contributed by atoms with E-state index in [-0.39, 0.29) is 17.5 Å². The molecule has 1 heterocycles. The van der Waals surface area contributed by atoms with Crippen molar-refractivity contribution in [1.82, 2.24) is 25.7 Å². The maximum Gasteiger partial charge on any atom is 0.285 e. The third kappa shape index (κ3) is 7.88. The van der Waals surface area contributed by atoms with Crippen LogP contribution in [0.25, 0.3) is 0 Å². The van der Waals surface area contributed by atoms with Crippen LogP contribution >= 0.6 is 0 Å². The molecule has 0 unspecified atom stereocenters. The van der Waals surface area contributed by atoms with Gasteiger partial charge in [-0.05, 0) is 18.8 Å². The van der Waals surface area contributed by atoms with Crippen LogP contribution in [0.5, 0.6) is 0 Å². The molecule has 0 bridgehead atoms. The maximum atomic E-state index is 12.6. The second-order valence-corrected chi connectivity index (χ2v) is 6.50. The van der Waals surface area contributed by atoms with Crippen LogP contribution in [0.15, 0.2) is 18.6 Å². The molecule has 8 nitrogen and oxygen atoms in total. The van der Waals surface area contributed by atoms with Gasteiger partial charge in [0.05, 0.1) is 12.8 Å². The standard InChI is InChI=1S/C18H31N5O3/c1-5-6-16(18(25)21-10-12-26-4)23(11-7-14(2)3)22-17(24)15-13-19-8-9-20-15/h8-9,13-14,16H,5-7,10-12H2,1-4H3,(H,21,25)(H,22,24)/t16-/m0/s1. The fourth-order valence-corrected chi connectivity index (χ4v) is 2.39. The molecule has 1 rings (SSSR count). The molecule has 146 valence electrons. The summed E-state index contributed by atoms with van der Waals surface area (Å²) in [5.41, 5.74) is 3.06. The minimum Gasteiger partial charge on any atom is -0.383 e. The Morgan fingerprint density at radius 1 is 1.27 bits per heavy atom. The number of amides is 2. The van der Waals surface area contributed by atoms with E-state index in [4.69, 9.17) is 4.74 Å². The molecule has 0 aliphatic carbocycles. The Morgan fingerprint density at radius 2 is 2.04 bits per heavy atom. The van der Waals surface area contributed by atoms with Crippen molar-refractivity contribution in [3.63, 3.8) is 0 Å². The Kier molecular flexibility index (Phi) is 10.4. The van der Waals surface area contributed by atoms with Crippen molar-refractivity contribution >= 4 is 11.8 Å². The average molecular weight is 365 g/mol. The molecule has 0 aliphatic heterocycles. The summed E-state index contributed by atoms with van der Waals surface area (Å²) in [6, 6.07) is -0.448. The van der Waals surface area contributed by atoms with E-state index < -0.39 is 6.04 Å². The summed E-state index contributed by atoms with van der Waals surface area (Å²) in [5.74, 6) is -0.0375. The molecule has 1 aromatic rings. The van der Waals surface area contributed by atoms with Crippen LogP contribution < -0.4 is 10.7 Å². The number of nitrogens with zero attached hydrogens (tertiary/aromatic N) is 3. The van der Waals surface area contributed by atoms with Crippen molar-refractivity contribution in [2.75, 3.05) is 26.8 Å². The van der Waals surface area contributed by atoms with Crippen molar-refractivity contribution < 1.29 is 14.3 Å². The first-order valence-corrected chi connectivity index (χ1v) is 9.09. The van der Waals surface area contributed by atoms with Gasteiger partial charge in [0.2, 0.25) is 5.91 Å². The van der Waals surface area contributed by atoms with E-state index in [0.29, 0.717) is 32.0 Å². The molecule has 0 radical (unpaired) electrons. The van der Waals surface area contributed by atoms with Crippen molar-refractivity contribution in [3.8, 4) is 0 Å². The summed E-state index contributed by atoms with van der Waals surface area (Å²) < 4.78 is 4.98. The van der Waals surface area contributed by atoms with Crippen molar-refractivity contribution in [2.45, 2.75) is 46.1 Å². The van der Waals surface area contributed by atoms with E-state index in [1.165, 1.54) is 18.6 Å². The Hall–Kier alpha value is -2.06. The molecule has 0 saturated carbocycles. The SMILES string of the molecule is CCC[C@@H](C(=O)NCCOC)N(CCC(C)C)NC(=O)c1cnccn1. The van der Waals surface area contributed by atoms with Crippen LogP contribution in [0, 0.1) is 5.92 Å². The van der Waals surface area contributed by atoms with Gasteiger partial charge in [0.25, 0.3) is 5.91 Å². The maximum absolute atomic E-state index is 12.6. The Balaban J connectivity index is 2.87. The molecule has 2 N–H and O–H groups in total. The van der Waals surface area contributed by atoms with Gasteiger partial charge in [0.15, 0.2) is 0 Å². The van der Waals surface area contributed by atoms with E-state index in [9.17, 15) is 9.59 Å². The fraction of sp³-hybridized carbons (Fsp3) is 0.667. The minimum absolute atomic E-state index is 0.118. The highest BCUT2D eigenvalue weighted by Gasteiger charge is 2.27. The number of aromatic nitrogens is 2. The fourth-order valence-electron chi connectivity index (χ4n) is 2.39. The van der Waals surface area contributed by atoms with Crippen molar-refractivity contribution in [1.29, 1.82) is 0 Å². The number of hydrogen-bond donors (Lipinski definition) is 2. The van der Waals surface area contributed by atoms with Crippen LogP contribution in [0.1, 0.15) is 50.5 Å². The van der Waals surface area contributed by atoms with Crippen LogP contribution in [-0.4, -0.2) is 59.6 Å². The van der Waals surface area contributed by atoms with Gasteiger partial charge in [-0.3, -0.25) is 20.0 Å². The second-order valence-electron chi connectivity index (χ2n) is 6.50. The highest BCUT2D eigenvalue weighted by atomic mass is 16.5. The molecule has 0 aliphatic rings. The number of carbonyl (C=O) groups excluding carboxylic acids is 2. The number of hydrazine groups is 1. The predicted molar refractivity (Wildman–Crippen MR) is 99.2 cm³/mol. The third-order valence-electron chi connectivity index (χ3n) is 3.83. The molecule has 0 fully saturated rings. The second kappa shape index (κ2) is 12.3. The molecular weight excluding hydrogens is 334 g/mol. The number of carbonyl (C=O) groups is 2. The molecule has 1 atom stereocenters. The first-order chi connectivity index (χ1) is 12.5. The van der Waals surface area contributed by atoms with Gasteiger partial charge in [-0.2, -0.15) is 0 Å². The molecular formula is C18H31N5O3. The van der Waals surface area contributed by atoms with E-state index in [0.717, 1.165) is 12.8 Å². The van der Waals surface area contributed by atoms with Gasteiger partial charge in [-0.15, -0.1) is 0 Å². The first kappa shape index (κ1) is 22.0. The summed E-state index contributed by atoms with van der Waals surface area (Å²) >= 11 is 0. The van der Waals surface area contributed by atoms with Crippen LogP contribution in [0.3, 0.4) is 0 Å². The topological polar surface area (TPSA) is 96.5 Å². The largest absolute Gasteiger partial charge is 0.383 e. The van der Waals surface area contributed by atoms with Crippen LogP contribution in [0.4, 0.5) is 0 Å². The zero-order chi connectivity index (χ0) is 19.4. The Bertz CT molecular complexity index is 539. The highest BCUT2D eigenvalue weighted by molar-refractivity contribution is 5.92. The number of rotatable bonds is 12. The zero-order valence-corrected chi connectivity index (χ0v) is 16.2. The van der Waals surface area contributed by atoms with Crippen LogP contribution in [-0.2, 0) is 9.53 Å². The van der Waals surface area contributed by atoms with Crippen molar-refractivity contribution in [3.05, 3.63) is 24.3 Å². The monoisotopic (exact) mass is 365 g/mol. The summed E-state index contributed by atoms with van der Waals surface area (Å²) in [6.45, 7) is 7.69. The predicted octanol–water partition coefficient (Wildman–Crippen LogP) is 1.40. The Labute approximate surface area is 155 Å². The van der Waals surface area contributed by atoms with E-state index in [1.54, 1.807) is 12.1 Å². The van der Waals surface area contributed by atoms with E-state index >= 15 is 0 Å². The number of methoxy groups -OCH3 is 1. The van der Waals surface area contributed by atoms with Gasteiger partial charge in [0.1, 0.15) is 11.7 Å². The lowest BCUT2D eigenvalue weighted by Crippen LogP contribution is -2.55. The average Bonchev–Trinajstić information content (AvgIpc) is 2.64. The lowest BCUT2D eigenvalue weighted by molar-refractivity contribution is -0.128. The molecule has 0 spiro atoms. The molecule has 8 heteroatoms. The quantitative estimate of drug-likeness (QED) is 0.429. The lowest BCUT2D eigenvalue weighted by Gasteiger charge is -2.31. The van der Waals surface area contributed by atoms with Crippen LogP contribution in [0.2, 0.25) is 0 Å². The zero-order valence-electron chi connectivity index (χ0n) is 16.2. The lowest BCUT2D eigenvalue weighted by atomic mass is 10.1. The van der Waals surface area contributed by atoms with Gasteiger partial charge < -0.3 is 10.1 Å². The molecule has 1 aromatic heterocycles. The Morgan fingerprint density at radius 3 is 2.62 bits per heavy atom. The van der Waals surface area contributed by atoms with E-state index in [1.807, 2.05) is 6.92 Å². The smallest absolute Gasteiger partial charge is 0.285 e. The normalized spacial score (nSPS) is 12.2. The van der Waals surface area contributed by atoms with E-state index in [2.05, 4.69) is 34.6 Å². The molecule has 0 saturated heterocycles. The summed E-state index contributed by atoms with van der Waals surface area (Å²) in [5, 5.41) is 4.59.